The lowest BCUT2D eigenvalue weighted by molar-refractivity contribution is 0.0972. The molecule has 16 heavy (non-hydrogen) atoms. The molecule has 4 nitrogen and oxygen atoms in total. The van der Waals surface area contributed by atoms with E-state index in [1.165, 1.54) is 0 Å². The van der Waals surface area contributed by atoms with E-state index in [2.05, 4.69) is 29.1 Å². The van der Waals surface area contributed by atoms with Crippen LogP contribution in [-0.2, 0) is 0 Å². The van der Waals surface area contributed by atoms with Crippen LogP contribution in [0.3, 0.4) is 0 Å². The molecular formula is C12H26N4. The zero-order chi connectivity index (χ0) is 11.6. The molecule has 0 amide bonds. The van der Waals surface area contributed by atoms with Crippen LogP contribution >= 0.6 is 0 Å². The van der Waals surface area contributed by atoms with Gasteiger partial charge in [0.2, 0.25) is 0 Å². The first kappa shape index (κ1) is 12.3. The van der Waals surface area contributed by atoms with Crippen molar-refractivity contribution in [2.24, 2.45) is 5.73 Å². The van der Waals surface area contributed by atoms with Crippen molar-refractivity contribution >= 4 is 0 Å². The van der Waals surface area contributed by atoms with Gasteiger partial charge in [0.25, 0.3) is 0 Å². The molecule has 2 aliphatic rings. The summed E-state index contributed by atoms with van der Waals surface area (Å²) in [6, 6.07) is 0.633. The fraction of sp³-hybridized carbons (Fsp3) is 1.00. The lowest BCUT2D eigenvalue weighted by Crippen LogP contribution is -2.60. The molecule has 0 aliphatic carbocycles. The molecule has 0 bridgehead atoms. The molecule has 0 saturated carbocycles. The quantitative estimate of drug-likeness (QED) is 0.679. The number of piperidine rings is 1. The summed E-state index contributed by atoms with van der Waals surface area (Å²) in [6.07, 6.45) is 2.28. The van der Waals surface area contributed by atoms with Crippen LogP contribution in [0.4, 0.5) is 0 Å². The molecular weight excluding hydrogens is 200 g/mol. The van der Waals surface area contributed by atoms with Crippen molar-refractivity contribution < 1.29 is 0 Å². The number of nitrogens with two attached hydrogens (primary N) is 1. The van der Waals surface area contributed by atoms with Crippen LogP contribution in [0.2, 0.25) is 0 Å². The molecule has 2 aliphatic heterocycles. The van der Waals surface area contributed by atoms with Crippen molar-refractivity contribution in [3.05, 3.63) is 0 Å². The molecule has 2 saturated heterocycles. The second-order valence-corrected chi connectivity index (χ2v) is 5.69. The Morgan fingerprint density at radius 3 is 2.62 bits per heavy atom. The van der Waals surface area contributed by atoms with E-state index in [9.17, 15) is 0 Å². The summed E-state index contributed by atoms with van der Waals surface area (Å²) < 4.78 is 0. The number of likely N-dealkylation sites (tertiary alicyclic amines) is 1. The Labute approximate surface area is 99.2 Å². The molecule has 2 rings (SSSR count). The van der Waals surface area contributed by atoms with E-state index in [1.54, 1.807) is 0 Å². The standard InChI is InChI=1S/C12H26N4/c1-11-9-14-5-8-16(11)10-12(13)3-6-15(2)7-4-12/h11,14H,3-10,13H2,1-2H3. The van der Waals surface area contributed by atoms with Gasteiger partial charge in [0.05, 0.1) is 0 Å². The first-order valence-corrected chi connectivity index (χ1v) is 6.51. The predicted octanol–water partition coefficient (Wildman–Crippen LogP) is -0.297. The highest BCUT2D eigenvalue weighted by Gasteiger charge is 2.33. The van der Waals surface area contributed by atoms with Gasteiger partial charge in [0.1, 0.15) is 0 Å². The minimum atomic E-state index is 0.0537. The lowest BCUT2D eigenvalue weighted by atomic mass is 9.87. The fourth-order valence-electron chi connectivity index (χ4n) is 2.74. The monoisotopic (exact) mass is 226 g/mol. The van der Waals surface area contributed by atoms with Gasteiger partial charge < -0.3 is 16.0 Å². The summed E-state index contributed by atoms with van der Waals surface area (Å²) in [5.74, 6) is 0. The van der Waals surface area contributed by atoms with Crippen LogP contribution < -0.4 is 11.1 Å². The minimum absolute atomic E-state index is 0.0537. The number of hydrogen-bond acceptors (Lipinski definition) is 4. The molecule has 1 unspecified atom stereocenters. The maximum absolute atomic E-state index is 6.53. The SMILES string of the molecule is CC1CNCCN1CC1(N)CCN(C)CC1. The van der Waals surface area contributed by atoms with Crippen LogP contribution in [0, 0.1) is 0 Å². The number of hydrogen-bond donors (Lipinski definition) is 2. The normalized spacial score (nSPS) is 32.8. The third-order valence-corrected chi connectivity index (χ3v) is 4.14. The topological polar surface area (TPSA) is 44.5 Å². The van der Waals surface area contributed by atoms with Crippen LogP contribution in [0.5, 0.6) is 0 Å². The van der Waals surface area contributed by atoms with Crippen LogP contribution in [-0.4, -0.2) is 67.7 Å². The summed E-state index contributed by atoms with van der Waals surface area (Å²) in [5.41, 5.74) is 6.58. The number of nitrogens with one attached hydrogen (secondary N) is 1. The van der Waals surface area contributed by atoms with Gasteiger partial charge in [-0.1, -0.05) is 0 Å². The highest BCUT2D eigenvalue weighted by atomic mass is 15.2. The van der Waals surface area contributed by atoms with Crippen LogP contribution in [0.15, 0.2) is 0 Å². The minimum Gasteiger partial charge on any atom is -0.324 e. The molecule has 94 valence electrons. The predicted molar refractivity (Wildman–Crippen MR) is 67.6 cm³/mol. The average molecular weight is 226 g/mol. The number of piperazine rings is 1. The molecule has 0 spiro atoms. The maximum atomic E-state index is 6.53. The summed E-state index contributed by atoms with van der Waals surface area (Å²) in [7, 11) is 2.19. The molecule has 1 atom stereocenters. The average Bonchev–Trinajstić information content (AvgIpc) is 2.27. The van der Waals surface area contributed by atoms with Gasteiger partial charge in [-0.2, -0.15) is 0 Å². The van der Waals surface area contributed by atoms with Crippen LogP contribution in [0.1, 0.15) is 19.8 Å². The Kier molecular flexibility index (Phi) is 3.85. The van der Waals surface area contributed by atoms with E-state index in [0.717, 1.165) is 52.1 Å². The van der Waals surface area contributed by atoms with Gasteiger partial charge in [0.15, 0.2) is 0 Å². The molecule has 2 fully saturated rings. The van der Waals surface area contributed by atoms with Gasteiger partial charge in [-0.3, -0.25) is 4.90 Å². The largest absolute Gasteiger partial charge is 0.324 e. The van der Waals surface area contributed by atoms with E-state index >= 15 is 0 Å². The van der Waals surface area contributed by atoms with Gasteiger partial charge in [-0.25, -0.2) is 0 Å². The second-order valence-electron chi connectivity index (χ2n) is 5.69. The zero-order valence-corrected chi connectivity index (χ0v) is 10.7. The molecule has 4 heteroatoms. The van der Waals surface area contributed by atoms with Gasteiger partial charge in [-0.05, 0) is 39.9 Å². The molecule has 3 N–H and O–H groups in total. The van der Waals surface area contributed by atoms with E-state index < -0.39 is 0 Å². The first-order valence-electron chi connectivity index (χ1n) is 6.51. The smallest absolute Gasteiger partial charge is 0.0308 e. The molecule has 0 aromatic heterocycles. The Bertz CT molecular complexity index is 223. The lowest BCUT2D eigenvalue weighted by Gasteiger charge is -2.44. The van der Waals surface area contributed by atoms with E-state index in [1.807, 2.05) is 0 Å². The molecule has 0 aromatic carbocycles. The number of rotatable bonds is 2. The Morgan fingerprint density at radius 2 is 2.00 bits per heavy atom. The Morgan fingerprint density at radius 1 is 1.31 bits per heavy atom. The van der Waals surface area contributed by atoms with Crippen molar-refractivity contribution in [2.75, 3.05) is 46.3 Å². The summed E-state index contributed by atoms with van der Waals surface area (Å²) in [5, 5.41) is 3.43. The molecule has 2 heterocycles. The highest BCUT2D eigenvalue weighted by Crippen LogP contribution is 2.21. The van der Waals surface area contributed by atoms with Crippen molar-refractivity contribution in [3.8, 4) is 0 Å². The van der Waals surface area contributed by atoms with Crippen LogP contribution in [0.25, 0.3) is 0 Å². The third-order valence-electron chi connectivity index (χ3n) is 4.14. The van der Waals surface area contributed by atoms with Gasteiger partial charge in [-0.15, -0.1) is 0 Å². The van der Waals surface area contributed by atoms with E-state index in [4.69, 9.17) is 5.73 Å². The summed E-state index contributed by atoms with van der Waals surface area (Å²) >= 11 is 0. The van der Waals surface area contributed by atoms with Gasteiger partial charge in [0, 0.05) is 37.8 Å². The van der Waals surface area contributed by atoms with Crippen molar-refractivity contribution in [1.82, 2.24) is 15.1 Å². The van der Waals surface area contributed by atoms with Crippen molar-refractivity contribution in [2.45, 2.75) is 31.3 Å². The third kappa shape index (κ3) is 2.94. The fourth-order valence-corrected chi connectivity index (χ4v) is 2.74. The van der Waals surface area contributed by atoms with Gasteiger partial charge >= 0.3 is 0 Å². The summed E-state index contributed by atoms with van der Waals surface area (Å²) in [6.45, 7) is 9.04. The highest BCUT2D eigenvalue weighted by molar-refractivity contribution is 4.94. The molecule has 0 radical (unpaired) electrons. The Hall–Kier alpha value is -0.160. The van der Waals surface area contributed by atoms with Crippen molar-refractivity contribution in [3.63, 3.8) is 0 Å². The van der Waals surface area contributed by atoms with Crippen molar-refractivity contribution in [1.29, 1.82) is 0 Å². The molecule has 0 aromatic rings. The van der Waals surface area contributed by atoms with E-state index in [-0.39, 0.29) is 5.54 Å². The number of nitrogens with zero attached hydrogens (tertiary/aromatic N) is 2. The second kappa shape index (κ2) is 5.00. The van der Waals surface area contributed by atoms with E-state index in [0.29, 0.717) is 6.04 Å². The Balaban J connectivity index is 1.87. The zero-order valence-electron chi connectivity index (χ0n) is 10.7. The first-order chi connectivity index (χ1) is 7.59. The maximum Gasteiger partial charge on any atom is 0.0308 e. The summed E-state index contributed by atoms with van der Waals surface area (Å²) in [4.78, 5) is 4.94.